The molecule has 28 heavy (non-hydrogen) atoms. The van der Waals surface area contributed by atoms with Gasteiger partial charge in [-0.15, -0.1) is 0 Å². The van der Waals surface area contributed by atoms with Crippen LogP contribution in [0.15, 0.2) is 54.7 Å². The molecule has 2 aliphatic rings. The van der Waals surface area contributed by atoms with E-state index in [1.807, 2.05) is 42.5 Å². The van der Waals surface area contributed by atoms with Crippen molar-refractivity contribution in [1.29, 1.82) is 0 Å². The second-order valence-electron chi connectivity index (χ2n) is 7.20. The number of ketones is 1. The third-order valence-corrected chi connectivity index (χ3v) is 6.18. The molecule has 3 aromatic rings. The molecule has 1 N–H and O–H groups in total. The molecule has 1 atom stereocenters. The van der Waals surface area contributed by atoms with Gasteiger partial charge in [-0.05, 0) is 42.0 Å². The van der Waals surface area contributed by atoms with E-state index in [1.54, 1.807) is 6.20 Å². The van der Waals surface area contributed by atoms with Crippen molar-refractivity contribution in [3.63, 3.8) is 0 Å². The molecule has 1 fully saturated rings. The quantitative estimate of drug-likeness (QED) is 0.677. The highest BCUT2D eigenvalue weighted by molar-refractivity contribution is 7.93. The zero-order chi connectivity index (χ0) is 19.3. The number of carbonyl (C=O) groups excluding carboxylic acids is 2. The predicted molar refractivity (Wildman–Crippen MR) is 107 cm³/mol. The van der Waals surface area contributed by atoms with Gasteiger partial charge in [0.2, 0.25) is 0 Å². The lowest BCUT2D eigenvalue weighted by Gasteiger charge is -2.06. The van der Waals surface area contributed by atoms with Crippen molar-refractivity contribution in [2.45, 2.75) is 19.3 Å². The lowest BCUT2D eigenvalue weighted by atomic mass is 10.00. The fraction of sp³-hybridized carbons (Fsp3) is 0.190. The number of carbonyl (C=O) groups is 2. The first kappa shape index (κ1) is 17.1. The standard InChI is InChI=1S/C21H17N3O3S/c25-19(9-13-1-2-13)15-5-3-14(4-6-15)16-7-8-18-17(10-16)12-22-24(18)21-11-20(26)23-28(21)27/h3-8,10-13H,1-2,9H2,(H,23,26). The maximum Gasteiger partial charge on any atom is 0.258 e. The van der Waals surface area contributed by atoms with Gasteiger partial charge in [-0.25, -0.2) is 8.89 Å². The van der Waals surface area contributed by atoms with Crippen molar-refractivity contribution < 1.29 is 13.8 Å². The molecule has 6 nitrogen and oxygen atoms in total. The summed E-state index contributed by atoms with van der Waals surface area (Å²) in [7, 11) is -1.59. The fourth-order valence-corrected chi connectivity index (χ4v) is 4.28. The maximum atomic E-state index is 12.2. The van der Waals surface area contributed by atoms with Crippen molar-refractivity contribution in [2.24, 2.45) is 5.92 Å². The molecule has 1 unspecified atom stereocenters. The summed E-state index contributed by atoms with van der Waals surface area (Å²) in [5, 5.41) is 5.49. The second-order valence-corrected chi connectivity index (χ2v) is 8.36. The minimum absolute atomic E-state index is 0.215. The highest BCUT2D eigenvalue weighted by Crippen LogP contribution is 2.34. The topological polar surface area (TPSA) is 81.1 Å². The van der Waals surface area contributed by atoms with E-state index in [4.69, 9.17) is 0 Å². The first-order valence-corrected chi connectivity index (χ1v) is 10.3. The molecule has 140 valence electrons. The summed E-state index contributed by atoms with van der Waals surface area (Å²) in [6.45, 7) is 0. The third-order valence-electron chi connectivity index (χ3n) is 5.13. The van der Waals surface area contributed by atoms with Crippen LogP contribution < -0.4 is 4.72 Å². The Morgan fingerprint density at radius 1 is 1.14 bits per heavy atom. The summed E-state index contributed by atoms with van der Waals surface area (Å²) in [5.41, 5.74) is 3.55. The fourth-order valence-electron chi connectivity index (χ4n) is 3.42. The van der Waals surface area contributed by atoms with Gasteiger partial charge in [-0.1, -0.05) is 30.3 Å². The smallest absolute Gasteiger partial charge is 0.258 e. The second kappa shape index (κ2) is 6.53. The predicted octanol–water partition coefficient (Wildman–Crippen LogP) is 3.28. The Morgan fingerprint density at radius 2 is 1.89 bits per heavy atom. The molecule has 5 rings (SSSR count). The van der Waals surface area contributed by atoms with Gasteiger partial charge in [0.05, 0.1) is 11.7 Å². The Bertz CT molecular complexity index is 1170. The van der Waals surface area contributed by atoms with E-state index in [-0.39, 0.29) is 11.7 Å². The van der Waals surface area contributed by atoms with Gasteiger partial charge in [-0.2, -0.15) is 5.10 Å². The number of nitrogens with one attached hydrogen (secondary N) is 1. The van der Waals surface area contributed by atoms with E-state index in [1.165, 1.54) is 23.6 Å². The molecule has 1 aliphatic carbocycles. The van der Waals surface area contributed by atoms with E-state index in [2.05, 4.69) is 9.82 Å². The number of hydrogen-bond acceptors (Lipinski definition) is 4. The largest absolute Gasteiger partial charge is 0.294 e. The van der Waals surface area contributed by atoms with Crippen LogP contribution in [0, 0.1) is 5.92 Å². The maximum absolute atomic E-state index is 12.2. The molecule has 0 bridgehead atoms. The molecule has 7 heteroatoms. The van der Waals surface area contributed by atoms with Gasteiger partial charge in [0.15, 0.2) is 21.8 Å². The highest BCUT2D eigenvalue weighted by Gasteiger charge is 2.25. The van der Waals surface area contributed by atoms with Crippen molar-refractivity contribution >= 4 is 38.6 Å². The van der Waals surface area contributed by atoms with Crippen LogP contribution in [-0.2, 0) is 15.8 Å². The van der Waals surface area contributed by atoms with Gasteiger partial charge in [0.1, 0.15) is 0 Å². The van der Waals surface area contributed by atoms with Crippen LogP contribution in [0.3, 0.4) is 0 Å². The average Bonchev–Trinajstić information content (AvgIpc) is 3.31. The average molecular weight is 391 g/mol. The SMILES string of the molecule is O=C1C=C(n2ncc3cc(-c4ccc(C(=O)CC5CC5)cc4)ccc32)S(=O)N1. The molecular formula is C21H17N3O3S. The van der Waals surface area contributed by atoms with Crippen LogP contribution in [0.1, 0.15) is 29.6 Å². The van der Waals surface area contributed by atoms with Gasteiger partial charge in [0, 0.05) is 23.4 Å². The Kier molecular flexibility index (Phi) is 3.98. The van der Waals surface area contributed by atoms with E-state index in [0.29, 0.717) is 17.4 Å². The zero-order valence-electron chi connectivity index (χ0n) is 14.9. The molecule has 1 saturated carbocycles. The minimum atomic E-state index is -1.59. The van der Waals surface area contributed by atoms with Crippen LogP contribution >= 0.6 is 0 Å². The Hall–Kier alpha value is -3.06. The number of nitrogens with zero attached hydrogens (tertiary/aromatic N) is 2. The molecule has 1 aliphatic heterocycles. The number of amides is 1. The van der Waals surface area contributed by atoms with Crippen LogP contribution in [0.2, 0.25) is 0 Å². The summed E-state index contributed by atoms with van der Waals surface area (Å²) in [5.74, 6) is 0.414. The Labute approximate surface area is 163 Å². The van der Waals surface area contributed by atoms with Crippen LogP contribution in [0.4, 0.5) is 0 Å². The van der Waals surface area contributed by atoms with E-state index < -0.39 is 11.0 Å². The van der Waals surface area contributed by atoms with Crippen LogP contribution in [0.5, 0.6) is 0 Å². The molecule has 1 aromatic heterocycles. The lowest BCUT2D eigenvalue weighted by Crippen LogP contribution is -2.17. The summed E-state index contributed by atoms with van der Waals surface area (Å²) < 4.78 is 15.9. The minimum Gasteiger partial charge on any atom is -0.294 e. The monoisotopic (exact) mass is 391 g/mol. The summed E-state index contributed by atoms with van der Waals surface area (Å²) in [6.07, 6.45) is 5.98. The summed E-state index contributed by atoms with van der Waals surface area (Å²) in [4.78, 5) is 23.7. The van der Waals surface area contributed by atoms with Crippen molar-refractivity contribution in [2.75, 3.05) is 0 Å². The molecule has 2 heterocycles. The zero-order valence-corrected chi connectivity index (χ0v) is 15.7. The molecule has 0 spiro atoms. The number of fused-ring (bicyclic) bond motifs is 1. The normalized spacial score (nSPS) is 18.9. The molecular weight excluding hydrogens is 374 g/mol. The summed E-state index contributed by atoms with van der Waals surface area (Å²) >= 11 is 0. The van der Waals surface area contributed by atoms with Crippen molar-refractivity contribution in [3.05, 3.63) is 60.3 Å². The molecule has 2 aromatic carbocycles. The van der Waals surface area contributed by atoms with Gasteiger partial charge in [0.25, 0.3) is 5.91 Å². The lowest BCUT2D eigenvalue weighted by molar-refractivity contribution is -0.114. The Balaban J connectivity index is 1.44. The summed E-state index contributed by atoms with van der Waals surface area (Å²) in [6, 6.07) is 13.5. The van der Waals surface area contributed by atoms with Gasteiger partial charge in [-0.3, -0.25) is 14.3 Å². The first-order valence-electron chi connectivity index (χ1n) is 9.14. The van der Waals surface area contributed by atoms with Crippen molar-refractivity contribution in [3.8, 4) is 11.1 Å². The van der Waals surface area contributed by atoms with E-state index in [0.717, 1.165) is 27.6 Å². The molecule has 1 amide bonds. The Morgan fingerprint density at radius 3 is 2.57 bits per heavy atom. The van der Waals surface area contributed by atoms with Crippen molar-refractivity contribution in [1.82, 2.24) is 14.5 Å². The highest BCUT2D eigenvalue weighted by atomic mass is 32.2. The van der Waals surface area contributed by atoms with Crippen LogP contribution in [0.25, 0.3) is 27.1 Å². The van der Waals surface area contributed by atoms with Crippen LogP contribution in [-0.4, -0.2) is 25.7 Å². The van der Waals surface area contributed by atoms with E-state index >= 15 is 0 Å². The number of rotatable bonds is 5. The van der Waals surface area contributed by atoms with E-state index in [9.17, 15) is 13.8 Å². The molecule has 0 radical (unpaired) electrons. The number of hydrogen-bond donors (Lipinski definition) is 1. The van der Waals surface area contributed by atoms with Gasteiger partial charge < -0.3 is 0 Å². The van der Waals surface area contributed by atoms with Gasteiger partial charge >= 0.3 is 0 Å². The number of aromatic nitrogens is 2. The number of benzene rings is 2. The first-order chi connectivity index (χ1) is 13.6. The number of Topliss-reactive ketones (excluding diaryl/α,β-unsaturated/α-hetero) is 1. The third kappa shape index (κ3) is 3.07. The molecule has 0 saturated heterocycles.